The molecule has 0 saturated carbocycles. The van der Waals surface area contributed by atoms with E-state index in [4.69, 9.17) is 16.3 Å². The normalized spacial score (nSPS) is 13.3. The molecule has 0 spiro atoms. The van der Waals surface area contributed by atoms with Gasteiger partial charge in [-0.15, -0.1) is 0 Å². The van der Waals surface area contributed by atoms with Gasteiger partial charge in [0.15, 0.2) is 11.5 Å². The van der Waals surface area contributed by atoms with Crippen LogP contribution < -0.4 is 15.0 Å². The molecule has 5 aromatic rings. The molecule has 1 saturated heterocycles. The summed E-state index contributed by atoms with van der Waals surface area (Å²) in [6, 6.07) is 9.02. The third-order valence-corrected chi connectivity index (χ3v) is 5.47. The van der Waals surface area contributed by atoms with E-state index in [0.29, 0.717) is 45.0 Å². The Balaban J connectivity index is 1.27. The first-order valence-corrected chi connectivity index (χ1v) is 10.4. The van der Waals surface area contributed by atoms with Gasteiger partial charge in [-0.25, -0.2) is 29.4 Å². The number of nitrogens with one attached hydrogen (secondary N) is 1. The van der Waals surface area contributed by atoms with Gasteiger partial charge in [-0.3, -0.25) is 0 Å². The third-order valence-electron chi connectivity index (χ3n) is 5.18. The van der Waals surface area contributed by atoms with Gasteiger partial charge in [0.05, 0.1) is 11.2 Å². The molecule has 11 heteroatoms. The summed E-state index contributed by atoms with van der Waals surface area (Å²) < 4.78 is 7.59. The van der Waals surface area contributed by atoms with Gasteiger partial charge in [0.2, 0.25) is 5.95 Å². The number of pyridine rings is 1. The van der Waals surface area contributed by atoms with Crippen LogP contribution in [0.4, 0.5) is 17.5 Å². The fourth-order valence-corrected chi connectivity index (χ4v) is 3.61. The minimum absolute atomic E-state index is 0.450. The lowest BCUT2D eigenvalue weighted by atomic mass is 10.2. The lowest BCUT2D eigenvalue weighted by Gasteiger charge is -2.30. The van der Waals surface area contributed by atoms with E-state index >= 15 is 0 Å². The fraction of sp³-hybridized carbons (Fsp3) is 0.143. The van der Waals surface area contributed by atoms with Crippen LogP contribution in [0.25, 0.3) is 16.7 Å². The monoisotopic (exact) mass is 445 g/mol. The number of aromatic nitrogens is 7. The second-order valence-electron chi connectivity index (χ2n) is 7.26. The molecular formula is C21H16ClN9O. The van der Waals surface area contributed by atoms with Gasteiger partial charge >= 0.3 is 0 Å². The minimum atomic E-state index is 0.450. The Bertz CT molecular complexity index is 1450. The Kier molecular flexibility index (Phi) is 4.43. The molecule has 1 aliphatic heterocycles. The standard InChI is InChI=1S/C21H16ClN9O/c22-15-8-13(2-3-17(15)32-14-4-7-31-18(9-14)25-12-27-31)28-20-19-16(24-11-26-20)10-23-21(29-19)30-5-1-6-30/h2-4,7-12H,1,5-6H2,(H,24,26,28). The van der Waals surface area contributed by atoms with Gasteiger partial charge < -0.3 is 15.0 Å². The van der Waals surface area contributed by atoms with Gasteiger partial charge in [-0.05, 0) is 30.7 Å². The summed E-state index contributed by atoms with van der Waals surface area (Å²) in [5.41, 5.74) is 2.76. The SMILES string of the molecule is Clc1cc(Nc2ncnc3cnc(N4CCC4)nc23)ccc1Oc1ccn2ncnc2c1. The second kappa shape index (κ2) is 7.57. The number of halogens is 1. The molecule has 0 bridgehead atoms. The van der Waals surface area contributed by atoms with Gasteiger partial charge in [-0.1, -0.05) is 11.6 Å². The Labute approximate surface area is 186 Å². The molecule has 1 aliphatic rings. The smallest absolute Gasteiger partial charge is 0.226 e. The molecule has 5 heterocycles. The van der Waals surface area contributed by atoms with Crippen molar-refractivity contribution in [3.63, 3.8) is 0 Å². The Morgan fingerprint density at radius 1 is 1.00 bits per heavy atom. The lowest BCUT2D eigenvalue weighted by molar-refractivity contribution is 0.482. The Morgan fingerprint density at radius 3 is 2.78 bits per heavy atom. The lowest BCUT2D eigenvalue weighted by Crippen LogP contribution is -2.38. The van der Waals surface area contributed by atoms with Crippen LogP contribution in [0.3, 0.4) is 0 Å². The molecule has 0 radical (unpaired) electrons. The first-order valence-electron chi connectivity index (χ1n) is 9.99. The first kappa shape index (κ1) is 18.7. The molecule has 0 aliphatic carbocycles. The van der Waals surface area contributed by atoms with Crippen LogP contribution in [-0.2, 0) is 0 Å². The Morgan fingerprint density at radius 2 is 1.94 bits per heavy atom. The van der Waals surface area contributed by atoms with Crippen LogP contribution in [-0.4, -0.2) is 47.6 Å². The van der Waals surface area contributed by atoms with Crippen LogP contribution in [0.15, 0.2) is 55.4 Å². The summed E-state index contributed by atoms with van der Waals surface area (Å²) in [5, 5.41) is 7.80. The number of hydrogen-bond acceptors (Lipinski definition) is 9. The minimum Gasteiger partial charge on any atom is -0.456 e. The number of ether oxygens (including phenoxy) is 1. The molecule has 0 atom stereocenters. The van der Waals surface area contributed by atoms with Crippen molar-refractivity contribution in [3.8, 4) is 11.5 Å². The highest BCUT2D eigenvalue weighted by Crippen LogP contribution is 2.33. The maximum Gasteiger partial charge on any atom is 0.226 e. The predicted molar refractivity (Wildman–Crippen MR) is 120 cm³/mol. The number of anilines is 3. The zero-order valence-corrected chi connectivity index (χ0v) is 17.4. The van der Waals surface area contributed by atoms with Crippen molar-refractivity contribution in [2.24, 2.45) is 0 Å². The van der Waals surface area contributed by atoms with E-state index in [2.05, 4.69) is 40.2 Å². The number of benzene rings is 1. The summed E-state index contributed by atoms with van der Waals surface area (Å²) >= 11 is 6.49. The zero-order chi connectivity index (χ0) is 21.5. The van der Waals surface area contributed by atoms with Crippen LogP contribution >= 0.6 is 11.6 Å². The number of rotatable bonds is 5. The molecule has 1 N–H and O–H groups in total. The summed E-state index contributed by atoms with van der Waals surface area (Å²) in [6.07, 6.45) is 7.62. The van der Waals surface area contributed by atoms with Crippen molar-refractivity contribution >= 4 is 45.7 Å². The first-order chi connectivity index (χ1) is 15.7. The third kappa shape index (κ3) is 3.40. The van der Waals surface area contributed by atoms with Crippen LogP contribution in [0.2, 0.25) is 5.02 Å². The molecule has 32 heavy (non-hydrogen) atoms. The summed E-state index contributed by atoms with van der Waals surface area (Å²) in [4.78, 5) is 24.0. The topological polar surface area (TPSA) is 106 Å². The van der Waals surface area contributed by atoms with Crippen LogP contribution in [0.5, 0.6) is 11.5 Å². The van der Waals surface area contributed by atoms with Gasteiger partial charge in [-0.2, -0.15) is 5.10 Å². The molecule has 6 rings (SSSR count). The second-order valence-corrected chi connectivity index (χ2v) is 7.67. The maximum absolute atomic E-state index is 6.49. The number of fused-ring (bicyclic) bond motifs is 2. The van der Waals surface area contributed by atoms with E-state index in [1.54, 1.807) is 41.2 Å². The highest BCUT2D eigenvalue weighted by Gasteiger charge is 2.18. The highest BCUT2D eigenvalue weighted by atomic mass is 35.5. The maximum atomic E-state index is 6.49. The number of nitrogens with zero attached hydrogens (tertiary/aromatic N) is 8. The van der Waals surface area contributed by atoms with Gasteiger partial charge in [0, 0.05) is 31.0 Å². The van der Waals surface area contributed by atoms with Crippen molar-refractivity contribution in [3.05, 3.63) is 60.4 Å². The molecule has 4 aromatic heterocycles. The zero-order valence-electron chi connectivity index (χ0n) is 16.7. The van der Waals surface area contributed by atoms with E-state index in [1.807, 2.05) is 6.07 Å². The molecule has 10 nitrogen and oxygen atoms in total. The predicted octanol–water partition coefficient (Wildman–Crippen LogP) is 3.86. The van der Waals surface area contributed by atoms with Crippen molar-refractivity contribution in [1.82, 2.24) is 34.5 Å². The van der Waals surface area contributed by atoms with E-state index < -0.39 is 0 Å². The largest absolute Gasteiger partial charge is 0.456 e. The molecule has 158 valence electrons. The average molecular weight is 446 g/mol. The average Bonchev–Trinajstić information content (AvgIpc) is 3.23. The highest BCUT2D eigenvalue weighted by molar-refractivity contribution is 6.32. The summed E-state index contributed by atoms with van der Waals surface area (Å²) in [5.74, 6) is 2.41. The van der Waals surface area contributed by atoms with Gasteiger partial charge in [0.1, 0.15) is 35.2 Å². The van der Waals surface area contributed by atoms with Crippen molar-refractivity contribution < 1.29 is 4.74 Å². The van der Waals surface area contributed by atoms with E-state index in [-0.39, 0.29) is 0 Å². The van der Waals surface area contributed by atoms with E-state index in [0.717, 1.165) is 25.2 Å². The van der Waals surface area contributed by atoms with Crippen molar-refractivity contribution in [2.75, 3.05) is 23.3 Å². The number of hydrogen-bond donors (Lipinski definition) is 1. The fourth-order valence-electron chi connectivity index (χ4n) is 3.39. The van der Waals surface area contributed by atoms with E-state index in [9.17, 15) is 0 Å². The summed E-state index contributed by atoms with van der Waals surface area (Å²) in [7, 11) is 0. The molecular weight excluding hydrogens is 430 g/mol. The summed E-state index contributed by atoms with van der Waals surface area (Å²) in [6.45, 7) is 1.92. The van der Waals surface area contributed by atoms with Crippen LogP contribution in [0, 0.1) is 0 Å². The van der Waals surface area contributed by atoms with E-state index in [1.165, 1.54) is 12.7 Å². The Hall–Kier alpha value is -4.05. The quantitative estimate of drug-likeness (QED) is 0.431. The molecule has 0 amide bonds. The van der Waals surface area contributed by atoms with Crippen molar-refractivity contribution in [1.29, 1.82) is 0 Å². The molecule has 0 unspecified atom stereocenters. The molecule has 1 fully saturated rings. The van der Waals surface area contributed by atoms with Crippen LogP contribution in [0.1, 0.15) is 6.42 Å². The van der Waals surface area contributed by atoms with Gasteiger partial charge in [0.25, 0.3) is 0 Å². The van der Waals surface area contributed by atoms with Crippen molar-refractivity contribution in [2.45, 2.75) is 6.42 Å². The molecule has 1 aromatic carbocycles.